The molecule has 1 aromatic rings. The van der Waals surface area contributed by atoms with E-state index in [0.29, 0.717) is 44.9 Å². The number of likely N-dealkylation sites (tertiary alicyclic amines) is 1. The van der Waals surface area contributed by atoms with E-state index >= 15 is 0 Å². The zero-order valence-corrected chi connectivity index (χ0v) is 15.0. The fourth-order valence-electron chi connectivity index (χ4n) is 3.85. The lowest BCUT2D eigenvalue weighted by Gasteiger charge is -2.49. The summed E-state index contributed by atoms with van der Waals surface area (Å²) in [4.78, 5) is 31.2. The minimum absolute atomic E-state index is 0.0169. The number of H-pyrrole nitrogens is 1. The zero-order valence-electron chi connectivity index (χ0n) is 15.0. The normalized spacial score (nSPS) is 25.4. The number of ether oxygens (including phenoxy) is 1. The second-order valence-corrected chi connectivity index (χ2v) is 6.97. The molecule has 1 atom stereocenters. The van der Waals surface area contributed by atoms with Crippen LogP contribution in [0.3, 0.4) is 0 Å². The predicted molar refractivity (Wildman–Crippen MR) is 92.2 cm³/mol. The molecule has 0 unspecified atom stereocenters. The highest BCUT2D eigenvalue weighted by molar-refractivity contribution is 5.92. The molecule has 0 aromatic carbocycles. The van der Waals surface area contributed by atoms with Gasteiger partial charge in [0.2, 0.25) is 5.91 Å². The van der Waals surface area contributed by atoms with Crippen LogP contribution >= 0.6 is 0 Å². The maximum Gasteiger partial charge on any atom is 0.271 e. The van der Waals surface area contributed by atoms with Crippen LogP contribution in [0.1, 0.15) is 29.8 Å². The van der Waals surface area contributed by atoms with E-state index in [1.165, 1.54) is 0 Å². The Morgan fingerprint density at radius 2 is 2.20 bits per heavy atom. The SMILES string of the molecule is COCCN1CC[C@@]2(CCC1=O)CN(C(=O)c1ccn[nH]1)CCN2C. The fourth-order valence-corrected chi connectivity index (χ4v) is 3.85. The molecule has 1 aromatic heterocycles. The summed E-state index contributed by atoms with van der Waals surface area (Å²) in [7, 11) is 3.75. The van der Waals surface area contributed by atoms with Crippen molar-refractivity contribution < 1.29 is 14.3 Å². The van der Waals surface area contributed by atoms with Crippen molar-refractivity contribution in [2.24, 2.45) is 0 Å². The van der Waals surface area contributed by atoms with E-state index in [9.17, 15) is 9.59 Å². The van der Waals surface area contributed by atoms with Gasteiger partial charge in [-0.1, -0.05) is 0 Å². The van der Waals surface area contributed by atoms with Crippen LogP contribution in [-0.4, -0.2) is 95.7 Å². The van der Waals surface area contributed by atoms with Crippen molar-refractivity contribution in [2.45, 2.75) is 24.8 Å². The van der Waals surface area contributed by atoms with Crippen molar-refractivity contribution in [1.29, 1.82) is 0 Å². The Bertz CT molecular complexity index is 605. The summed E-state index contributed by atoms with van der Waals surface area (Å²) in [5.41, 5.74) is 0.372. The average Bonchev–Trinajstić information content (AvgIpc) is 3.10. The van der Waals surface area contributed by atoms with Crippen LogP contribution in [0.25, 0.3) is 0 Å². The minimum atomic E-state index is -0.147. The number of aromatic amines is 1. The number of nitrogens with zero attached hydrogens (tertiary/aromatic N) is 4. The standard InChI is InChI=1S/C17H27N5O3/c1-20-9-10-22(16(24)14-4-7-18-19-14)13-17(20)5-3-15(23)21(8-6-17)11-12-25-2/h4,7H,3,5-6,8-13H2,1-2H3,(H,18,19)/t17-/m0/s1. The molecule has 3 heterocycles. The predicted octanol–water partition coefficient (Wildman–Crippen LogP) is 0.195. The number of piperazine rings is 1. The first kappa shape index (κ1) is 17.9. The van der Waals surface area contributed by atoms with Crippen LogP contribution in [0.2, 0.25) is 0 Å². The van der Waals surface area contributed by atoms with Crippen molar-refractivity contribution in [3.63, 3.8) is 0 Å². The van der Waals surface area contributed by atoms with Crippen LogP contribution < -0.4 is 0 Å². The monoisotopic (exact) mass is 349 g/mol. The highest BCUT2D eigenvalue weighted by atomic mass is 16.5. The lowest BCUT2D eigenvalue weighted by molar-refractivity contribution is -0.131. The van der Waals surface area contributed by atoms with Gasteiger partial charge in [-0.2, -0.15) is 5.10 Å². The Morgan fingerprint density at radius 1 is 1.36 bits per heavy atom. The van der Waals surface area contributed by atoms with Gasteiger partial charge in [-0.25, -0.2) is 0 Å². The van der Waals surface area contributed by atoms with Gasteiger partial charge in [0.1, 0.15) is 5.69 Å². The van der Waals surface area contributed by atoms with Crippen molar-refractivity contribution >= 4 is 11.8 Å². The third kappa shape index (κ3) is 3.69. The van der Waals surface area contributed by atoms with E-state index in [1.807, 2.05) is 9.80 Å². The Balaban J connectivity index is 1.72. The van der Waals surface area contributed by atoms with Crippen molar-refractivity contribution in [3.8, 4) is 0 Å². The Hall–Kier alpha value is -1.93. The molecule has 1 N–H and O–H groups in total. The summed E-state index contributed by atoms with van der Waals surface area (Å²) in [6.07, 6.45) is 3.75. The number of carbonyl (C=O) groups is 2. The maximum atomic E-state index is 12.7. The molecule has 0 radical (unpaired) electrons. The first-order chi connectivity index (χ1) is 12.1. The van der Waals surface area contributed by atoms with E-state index in [2.05, 4.69) is 22.1 Å². The Morgan fingerprint density at radius 3 is 2.92 bits per heavy atom. The molecule has 0 bridgehead atoms. The largest absolute Gasteiger partial charge is 0.383 e. The van der Waals surface area contributed by atoms with Gasteiger partial charge >= 0.3 is 0 Å². The molecule has 2 saturated heterocycles. The molecular formula is C17H27N5O3. The number of nitrogens with one attached hydrogen (secondary N) is 1. The quantitative estimate of drug-likeness (QED) is 0.839. The summed E-state index contributed by atoms with van der Waals surface area (Å²) in [6, 6.07) is 1.70. The van der Waals surface area contributed by atoms with E-state index < -0.39 is 0 Å². The number of aromatic nitrogens is 2. The number of amides is 2. The summed E-state index contributed by atoms with van der Waals surface area (Å²) in [5, 5.41) is 6.63. The molecule has 138 valence electrons. The number of likely N-dealkylation sites (N-methyl/N-ethyl adjacent to an activating group) is 1. The summed E-state index contributed by atoms with van der Waals surface area (Å²) in [5.74, 6) is 0.163. The van der Waals surface area contributed by atoms with Crippen LogP contribution in [0.4, 0.5) is 0 Å². The van der Waals surface area contributed by atoms with Gasteiger partial charge in [0.15, 0.2) is 0 Å². The lowest BCUT2D eigenvalue weighted by Crippen LogP contribution is -2.62. The van der Waals surface area contributed by atoms with Gasteiger partial charge in [0.05, 0.1) is 6.61 Å². The van der Waals surface area contributed by atoms with Crippen molar-refractivity contribution in [1.82, 2.24) is 24.9 Å². The smallest absolute Gasteiger partial charge is 0.271 e. The van der Waals surface area contributed by atoms with Gasteiger partial charge in [-0.05, 0) is 26.0 Å². The van der Waals surface area contributed by atoms with Crippen LogP contribution in [0, 0.1) is 0 Å². The number of methoxy groups -OCH3 is 1. The van der Waals surface area contributed by atoms with Crippen LogP contribution in [0.15, 0.2) is 12.3 Å². The van der Waals surface area contributed by atoms with E-state index in [-0.39, 0.29) is 17.4 Å². The van der Waals surface area contributed by atoms with E-state index in [1.54, 1.807) is 19.4 Å². The zero-order chi connectivity index (χ0) is 17.9. The molecule has 0 aliphatic carbocycles. The second kappa shape index (κ2) is 7.53. The Kier molecular flexibility index (Phi) is 5.39. The topological polar surface area (TPSA) is 81.8 Å². The van der Waals surface area contributed by atoms with Crippen LogP contribution in [-0.2, 0) is 9.53 Å². The summed E-state index contributed by atoms with van der Waals surface area (Å²) < 4.78 is 5.12. The van der Waals surface area contributed by atoms with E-state index in [4.69, 9.17) is 4.74 Å². The Labute approximate surface area is 148 Å². The molecule has 2 amide bonds. The van der Waals surface area contributed by atoms with Gasteiger partial charge in [0, 0.05) is 58.0 Å². The molecule has 3 rings (SSSR count). The average molecular weight is 349 g/mol. The summed E-state index contributed by atoms with van der Waals surface area (Å²) in [6.45, 7) is 4.04. The first-order valence-corrected chi connectivity index (χ1v) is 8.82. The molecular weight excluding hydrogens is 322 g/mol. The van der Waals surface area contributed by atoms with E-state index in [0.717, 1.165) is 19.4 Å². The number of rotatable bonds is 4. The molecule has 8 heteroatoms. The molecule has 25 heavy (non-hydrogen) atoms. The second-order valence-electron chi connectivity index (χ2n) is 6.97. The van der Waals surface area contributed by atoms with Gasteiger partial charge in [-0.15, -0.1) is 0 Å². The molecule has 2 aliphatic rings. The van der Waals surface area contributed by atoms with Crippen molar-refractivity contribution in [3.05, 3.63) is 18.0 Å². The molecule has 2 fully saturated rings. The third-order valence-corrected chi connectivity index (χ3v) is 5.59. The first-order valence-electron chi connectivity index (χ1n) is 8.82. The highest BCUT2D eigenvalue weighted by Crippen LogP contribution is 2.32. The van der Waals surface area contributed by atoms with Gasteiger partial charge in [-0.3, -0.25) is 19.6 Å². The molecule has 0 saturated carbocycles. The fraction of sp³-hybridized carbons (Fsp3) is 0.706. The molecule has 1 spiro atoms. The minimum Gasteiger partial charge on any atom is -0.383 e. The number of hydrogen-bond donors (Lipinski definition) is 1. The number of carbonyl (C=O) groups excluding carboxylic acids is 2. The summed E-state index contributed by atoms with van der Waals surface area (Å²) >= 11 is 0. The van der Waals surface area contributed by atoms with Crippen LogP contribution in [0.5, 0.6) is 0 Å². The molecule has 8 nitrogen and oxygen atoms in total. The van der Waals surface area contributed by atoms with Gasteiger partial charge in [0.25, 0.3) is 5.91 Å². The lowest BCUT2D eigenvalue weighted by atomic mass is 9.86. The number of hydrogen-bond acceptors (Lipinski definition) is 5. The highest BCUT2D eigenvalue weighted by Gasteiger charge is 2.43. The van der Waals surface area contributed by atoms with Gasteiger partial charge < -0.3 is 14.5 Å². The third-order valence-electron chi connectivity index (χ3n) is 5.59. The molecule has 2 aliphatic heterocycles. The maximum absolute atomic E-state index is 12.7. The van der Waals surface area contributed by atoms with Crippen molar-refractivity contribution in [2.75, 3.05) is 53.5 Å².